The van der Waals surface area contributed by atoms with Crippen LogP contribution in [0.25, 0.3) is 11.0 Å². The third-order valence-electron chi connectivity index (χ3n) is 2.58. The van der Waals surface area contributed by atoms with E-state index in [0.29, 0.717) is 18.2 Å². The first-order chi connectivity index (χ1) is 8.09. The van der Waals surface area contributed by atoms with Crippen molar-refractivity contribution >= 4 is 11.0 Å². The Morgan fingerprint density at radius 1 is 1.41 bits per heavy atom. The summed E-state index contributed by atoms with van der Waals surface area (Å²) in [5, 5.41) is 4.00. The first-order valence-corrected chi connectivity index (χ1v) is 5.55. The monoisotopic (exact) mass is 239 g/mol. The molecule has 0 spiro atoms. The Bertz CT molecular complexity index is 505. The normalized spacial score (nSPS) is 11.9. The number of aromatic nitrogens is 2. The van der Waals surface area contributed by atoms with Crippen LogP contribution in [0.4, 0.5) is 8.78 Å². The van der Waals surface area contributed by atoms with Gasteiger partial charge in [0.15, 0.2) is 0 Å². The van der Waals surface area contributed by atoms with Crippen LogP contribution >= 0.6 is 0 Å². The Morgan fingerprint density at radius 2 is 2.18 bits per heavy atom. The van der Waals surface area contributed by atoms with E-state index in [1.807, 2.05) is 19.9 Å². The molecule has 0 saturated carbocycles. The molecule has 0 aliphatic heterocycles. The van der Waals surface area contributed by atoms with Gasteiger partial charge in [-0.15, -0.1) is 0 Å². The first-order valence-electron chi connectivity index (χ1n) is 5.55. The van der Waals surface area contributed by atoms with E-state index in [2.05, 4.69) is 10.3 Å². The number of nitrogens with one attached hydrogen (secondary N) is 1. The second-order valence-corrected chi connectivity index (χ2v) is 4.25. The molecule has 0 atom stereocenters. The summed E-state index contributed by atoms with van der Waals surface area (Å²) < 4.78 is 26.5. The van der Waals surface area contributed by atoms with Crippen LogP contribution in [-0.4, -0.2) is 15.6 Å². The molecule has 0 amide bonds. The Kier molecular flexibility index (Phi) is 3.38. The lowest BCUT2D eigenvalue weighted by Gasteiger charge is -2.06. The molecule has 1 N–H and O–H groups in total. The van der Waals surface area contributed by atoms with E-state index in [1.54, 1.807) is 6.07 Å². The van der Waals surface area contributed by atoms with Crippen molar-refractivity contribution in [3.63, 3.8) is 0 Å². The van der Waals surface area contributed by atoms with Crippen LogP contribution in [0.3, 0.4) is 0 Å². The van der Waals surface area contributed by atoms with Gasteiger partial charge >= 0.3 is 6.55 Å². The van der Waals surface area contributed by atoms with Gasteiger partial charge in [0.2, 0.25) is 0 Å². The second kappa shape index (κ2) is 4.79. The van der Waals surface area contributed by atoms with E-state index < -0.39 is 6.55 Å². The molecule has 0 bridgehead atoms. The lowest BCUT2D eigenvalue weighted by molar-refractivity contribution is 0.0745. The summed E-state index contributed by atoms with van der Waals surface area (Å²) in [7, 11) is 0. The third kappa shape index (κ3) is 2.44. The number of rotatable bonds is 4. The molecular formula is C12H15F2N3. The lowest BCUT2D eigenvalue weighted by Crippen LogP contribution is -2.21. The molecule has 3 nitrogen and oxygen atoms in total. The fraction of sp³-hybridized carbons (Fsp3) is 0.417. The minimum atomic E-state index is -2.56. The molecule has 2 heterocycles. The zero-order chi connectivity index (χ0) is 12.4. The molecule has 0 aromatic carbocycles. The standard InChI is InChI=1S/C12H15F2N3/c1-8(2)16-6-9-7-17(12(13)14)11-10(9)4-3-5-15-11/h3-5,7-8,12,16H,6H2,1-2H3. The second-order valence-electron chi connectivity index (χ2n) is 4.25. The Balaban J connectivity index is 2.42. The molecule has 0 radical (unpaired) electrons. The summed E-state index contributed by atoms with van der Waals surface area (Å²) >= 11 is 0. The lowest BCUT2D eigenvalue weighted by atomic mass is 10.2. The highest BCUT2D eigenvalue weighted by Crippen LogP contribution is 2.24. The molecule has 0 aliphatic rings. The van der Waals surface area contributed by atoms with E-state index >= 15 is 0 Å². The zero-order valence-electron chi connectivity index (χ0n) is 9.82. The molecule has 2 aromatic heterocycles. The van der Waals surface area contributed by atoms with E-state index in [9.17, 15) is 8.78 Å². The van der Waals surface area contributed by atoms with E-state index in [0.717, 1.165) is 15.5 Å². The van der Waals surface area contributed by atoms with Gasteiger partial charge in [-0.25, -0.2) is 4.98 Å². The summed E-state index contributed by atoms with van der Waals surface area (Å²) in [6.07, 6.45) is 3.00. The smallest absolute Gasteiger partial charge is 0.310 e. The molecule has 2 rings (SSSR count). The molecule has 0 fully saturated rings. The molecule has 2 aromatic rings. The molecule has 0 unspecified atom stereocenters. The summed E-state index contributed by atoms with van der Waals surface area (Å²) in [6, 6.07) is 3.90. The van der Waals surface area contributed by atoms with Crippen LogP contribution in [0.15, 0.2) is 24.5 Å². The van der Waals surface area contributed by atoms with Gasteiger partial charge in [-0.05, 0) is 17.7 Å². The highest BCUT2D eigenvalue weighted by atomic mass is 19.3. The summed E-state index contributed by atoms with van der Waals surface area (Å²) in [4.78, 5) is 4.01. The Labute approximate surface area is 98.5 Å². The van der Waals surface area contributed by atoms with Crippen molar-refractivity contribution in [1.82, 2.24) is 14.9 Å². The van der Waals surface area contributed by atoms with Crippen LogP contribution in [0.5, 0.6) is 0 Å². The van der Waals surface area contributed by atoms with Gasteiger partial charge in [-0.3, -0.25) is 4.57 Å². The fourth-order valence-electron chi connectivity index (χ4n) is 1.76. The largest absolute Gasteiger partial charge is 0.320 e. The molecule has 0 aliphatic carbocycles. The molecule has 0 saturated heterocycles. The maximum absolute atomic E-state index is 12.8. The maximum atomic E-state index is 12.8. The van der Waals surface area contributed by atoms with Gasteiger partial charge in [0, 0.05) is 30.4 Å². The minimum Gasteiger partial charge on any atom is -0.310 e. The van der Waals surface area contributed by atoms with Gasteiger partial charge in [0.25, 0.3) is 0 Å². The maximum Gasteiger partial charge on any atom is 0.320 e. The zero-order valence-corrected chi connectivity index (χ0v) is 9.82. The van der Waals surface area contributed by atoms with Crippen LogP contribution in [-0.2, 0) is 6.54 Å². The van der Waals surface area contributed by atoms with E-state index in [1.165, 1.54) is 12.4 Å². The number of nitrogens with zero attached hydrogens (tertiary/aromatic N) is 2. The number of hydrogen-bond acceptors (Lipinski definition) is 2. The first kappa shape index (κ1) is 12.0. The van der Waals surface area contributed by atoms with E-state index in [4.69, 9.17) is 0 Å². The number of halogens is 2. The van der Waals surface area contributed by atoms with Gasteiger partial charge in [0.1, 0.15) is 5.65 Å². The summed E-state index contributed by atoms with van der Waals surface area (Å²) in [6.45, 7) is 2.05. The average molecular weight is 239 g/mol. The third-order valence-corrected chi connectivity index (χ3v) is 2.58. The van der Waals surface area contributed by atoms with Crippen molar-refractivity contribution < 1.29 is 8.78 Å². The van der Waals surface area contributed by atoms with Crippen LogP contribution < -0.4 is 5.32 Å². The van der Waals surface area contributed by atoms with Crippen LogP contribution in [0.2, 0.25) is 0 Å². The van der Waals surface area contributed by atoms with Crippen molar-refractivity contribution in [2.45, 2.75) is 33.0 Å². The summed E-state index contributed by atoms with van der Waals surface area (Å²) in [5.74, 6) is 0. The minimum absolute atomic E-state index is 0.316. The molecular weight excluding hydrogens is 224 g/mol. The van der Waals surface area contributed by atoms with Crippen LogP contribution in [0.1, 0.15) is 26.0 Å². The quantitative estimate of drug-likeness (QED) is 0.889. The van der Waals surface area contributed by atoms with Crippen molar-refractivity contribution in [2.24, 2.45) is 0 Å². The van der Waals surface area contributed by atoms with Gasteiger partial charge in [-0.2, -0.15) is 8.78 Å². The van der Waals surface area contributed by atoms with Gasteiger partial charge < -0.3 is 5.32 Å². The predicted molar refractivity (Wildman–Crippen MR) is 63.0 cm³/mol. The SMILES string of the molecule is CC(C)NCc1cn(C(F)F)c2ncccc12. The predicted octanol–water partition coefficient (Wildman–Crippen LogP) is 2.93. The van der Waals surface area contributed by atoms with Crippen molar-refractivity contribution in [2.75, 3.05) is 0 Å². The Hall–Kier alpha value is -1.49. The number of hydrogen-bond donors (Lipinski definition) is 1. The van der Waals surface area contributed by atoms with Crippen molar-refractivity contribution in [3.8, 4) is 0 Å². The van der Waals surface area contributed by atoms with Crippen molar-refractivity contribution in [3.05, 3.63) is 30.1 Å². The molecule has 17 heavy (non-hydrogen) atoms. The topological polar surface area (TPSA) is 29.9 Å². The number of fused-ring (bicyclic) bond motifs is 1. The van der Waals surface area contributed by atoms with E-state index in [-0.39, 0.29) is 0 Å². The van der Waals surface area contributed by atoms with Gasteiger partial charge in [-0.1, -0.05) is 13.8 Å². The average Bonchev–Trinajstić information content (AvgIpc) is 2.65. The van der Waals surface area contributed by atoms with Gasteiger partial charge in [0.05, 0.1) is 0 Å². The number of pyridine rings is 1. The number of alkyl halides is 2. The highest BCUT2D eigenvalue weighted by molar-refractivity contribution is 5.80. The van der Waals surface area contributed by atoms with Crippen LogP contribution in [0, 0.1) is 0 Å². The highest BCUT2D eigenvalue weighted by Gasteiger charge is 2.14. The fourth-order valence-corrected chi connectivity index (χ4v) is 1.76. The molecule has 5 heteroatoms. The van der Waals surface area contributed by atoms with Crippen molar-refractivity contribution in [1.29, 1.82) is 0 Å². The molecule has 92 valence electrons. The Morgan fingerprint density at radius 3 is 2.82 bits per heavy atom. The summed E-state index contributed by atoms with van der Waals surface area (Å²) in [5.41, 5.74) is 1.19.